The Morgan fingerprint density at radius 2 is 2.14 bits per heavy atom. The minimum absolute atomic E-state index is 0.119. The average molecular weight is 407 g/mol. The first-order valence-corrected chi connectivity index (χ1v) is 9.47. The van der Waals surface area contributed by atoms with E-state index in [1.165, 1.54) is 11.7 Å². The molecule has 4 rings (SSSR count). The van der Waals surface area contributed by atoms with E-state index in [2.05, 4.69) is 5.32 Å². The number of halogens is 2. The zero-order valence-electron chi connectivity index (χ0n) is 16.5. The summed E-state index contributed by atoms with van der Waals surface area (Å²) in [5.74, 6) is -1.99. The second-order valence-electron chi connectivity index (χ2n) is 8.02. The number of methoxy groups -OCH3 is 1. The molecule has 156 valence electrons. The first-order chi connectivity index (χ1) is 13.7. The molecule has 0 spiro atoms. The molecule has 2 aromatic rings. The predicted octanol–water partition coefficient (Wildman–Crippen LogP) is 2.32. The zero-order chi connectivity index (χ0) is 21.1. The molecule has 7 nitrogen and oxygen atoms in total. The number of benzene rings is 1. The van der Waals surface area contributed by atoms with Gasteiger partial charge in [-0.05, 0) is 26.5 Å². The monoisotopic (exact) mass is 407 g/mol. The SMILES string of the molecule is CNC1(C)CCN(c2c(F)cc3c(=O)c(C(=O)O)cn(C4CC4F)c3c2OC)C1. The van der Waals surface area contributed by atoms with Crippen LogP contribution >= 0.6 is 0 Å². The molecule has 2 aliphatic rings. The van der Waals surface area contributed by atoms with Gasteiger partial charge in [-0.15, -0.1) is 0 Å². The van der Waals surface area contributed by atoms with E-state index in [9.17, 15) is 19.1 Å². The van der Waals surface area contributed by atoms with Crippen molar-refractivity contribution in [2.45, 2.75) is 37.5 Å². The standard InChI is InChI=1S/C20H23F2N3O4/c1-20(23-2)4-5-24(9-20)16-13(22)6-10-15(18(16)29-3)25(14-7-12(14)21)8-11(17(10)26)19(27)28/h6,8,12,14,23H,4-5,7,9H2,1-3H3,(H,27,28). The summed E-state index contributed by atoms with van der Waals surface area (Å²) in [5, 5.41) is 12.5. The molecule has 9 heteroatoms. The third kappa shape index (κ3) is 3.04. The van der Waals surface area contributed by atoms with E-state index >= 15 is 4.39 Å². The van der Waals surface area contributed by atoms with E-state index in [-0.39, 0.29) is 34.3 Å². The summed E-state index contributed by atoms with van der Waals surface area (Å²) < 4.78 is 36.1. The van der Waals surface area contributed by atoms with Crippen molar-refractivity contribution in [1.29, 1.82) is 0 Å². The number of fused-ring (bicyclic) bond motifs is 1. The Labute approximate surface area is 165 Å². The fourth-order valence-electron chi connectivity index (χ4n) is 4.14. The van der Waals surface area contributed by atoms with E-state index < -0.39 is 35.0 Å². The number of carboxylic acids is 1. The van der Waals surface area contributed by atoms with Gasteiger partial charge in [-0.1, -0.05) is 0 Å². The first-order valence-electron chi connectivity index (χ1n) is 9.47. The Kier molecular flexibility index (Phi) is 4.53. The van der Waals surface area contributed by atoms with Crippen molar-refractivity contribution >= 4 is 22.6 Å². The van der Waals surface area contributed by atoms with E-state index in [0.29, 0.717) is 13.1 Å². The highest BCUT2D eigenvalue weighted by atomic mass is 19.1. The summed E-state index contributed by atoms with van der Waals surface area (Å²) in [6.07, 6.45) is 0.974. The maximum Gasteiger partial charge on any atom is 0.341 e. The topological polar surface area (TPSA) is 83.8 Å². The number of hydrogen-bond acceptors (Lipinski definition) is 5. The number of nitrogens with zero attached hydrogens (tertiary/aromatic N) is 2. The molecule has 1 aliphatic heterocycles. The summed E-state index contributed by atoms with van der Waals surface area (Å²) in [6, 6.07) is 0.438. The molecule has 1 saturated carbocycles. The highest BCUT2D eigenvalue weighted by molar-refractivity contribution is 5.97. The van der Waals surface area contributed by atoms with Crippen molar-refractivity contribution in [2.24, 2.45) is 0 Å². The van der Waals surface area contributed by atoms with Gasteiger partial charge in [-0.2, -0.15) is 0 Å². The van der Waals surface area contributed by atoms with Crippen LogP contribution in [0.5, 0.6) is 5.75 Å². The van der Waals surface area contributed by atoms with Crippen LogP contribution in [0.1, 0.15) is 36.2 Å². The van der Waals surface area contributed by atoms with Crippen molar-refractivity contribution in [3.05, 3.63) is 33.9 Å². The van der Waals surface area contributed by atoms with Crippen LogP contribution in [-0.4, -0.2) is 54.6 Å². The number of ether oxygens (including phenoxy) is 1. The third-order valence-electron chi connectivity index (χ3n) is 6.06. The maximum atomic E-state index is 15.2. The quantitative estimate of drug-likeness (QED) is 0.792. The Morgan fingerprint density at radius 3 is 2.66 bits per heavy atom. The average Bonchev–Trinajstić information content (AvgIpc) is 3.27. The highest BCUT2D eigenvalue weighted by Gasteiger charge is 2.42. The molecule has 2 heterocycles. The van der Waals surface area contributed by atoms with Crippen molar-refractivity contribution < 1.29 is 23.4 Å². The molecule has 1 aromatic carbocycles. The number of aromatic nitrogens is 1. The van der Waals surface area contributed by atoms with E-state index in [4.69, 9.17) is 4.74 Å². The zero-order valence-corrected chi connectivity index (χ0v) is 16.5. The molecule has 3 unspecified atom stereocenters. The van der Waals surface area contributed by atoms with Crippen LogP contribution in [0.2, 0.25) is 0 Å². The third-order valence-corrected chi connectivity index (χ3v) is 6.06. The van der Waals surface area contributed by atoms with Crippen LogP contribution in [0, 0.1) is 5.82 Å². The first kappa shape index (κ1) is 19.6. The number of likely N-dealkylation sites (N-methyl/N-ethyl adjacent to an activating group) is 1. The number of carbonyl (C=O) groups is 1. The van der Waals surface area contributed by atoms with Gasteiger partial charge >= 0.3 is 5.97 Å². The summed E-state index contributed by atoms with van der Waals surface area (Å²) in [4.78, 5) is 26.1. The Morgan fingerprint density at radius 1 is 1.45 bits per heavy atom. The summed E-state index contributed by atoms with van der Waals surface area (Å²) >= 11 is 0. The van der Waals surface area contributed by atoms with Gasteiger partial charge in [0, 0.05) is 31.2 Å². The molecule has 1 saturated heterocycles. The number of rotatable bonds is 5. The van der Waals surface area contributed by atoms with Gasteiger partial charge in [0.15, 0.2) is 11.6 Å². The van der Waals surface area contributed by atoms with Gasteiger partial charge in [0.05, 0.1) is 24.1 Å². The minimum atomic E-state index is -1.44. The normalized spacial score (nSPS) is 26.2. The lowest BCUT2D eigenvalue weighted by molar-refractivity contribution is 0.0694. The van der Waals surface area contributed by atoms with Crippen molar-refractivity contribution in [3.63, 3.8) is 0 Å². The van der Waals surface area contributed by atoms with Crippen LogP contribution in [-0.2, 0) is 0 Å². The molecule has 29 heavy (non-hydrogen) atoms. The minimum Gasteiger partial charge on any atom is -0.492 e. The fraction of sp³-hybridized carbons (Fsp3) is 0.500. The Bertz CT molecular complexity index is 1070. The molecule has 1 aliphatic carbocycles. The lowest BCUT2D eigenvalue weighted by Gasteiger charge is -2.27. The van der Waals surface area contributed by atoms with E-state index in [1.54, 1.807) is 0 Å². The molecule has 0 amide bonds. The molecule has 0 radical (unpaired) electrons. The van der Waals surface area contributed by atoms with Crippen molar-refractivity contribution in [3.8, 4) is 5.75 Å². The number of alkyl halides is 1. The molecule has 2 N–H and O–H groups in total. The van der Waals surface area contributed by atoms with Crippen LogP contribution in [0.3, 0.4) is 0 Å². The lowest BCUT2D eigenvalue weighted by atomic mass is 10.0. The van der Waals surface area contributed by atoms with Crippen molar-refractivity contribution in [1.82, 2.24) is 9.88 Å². The smallest absolute Gasteiger partial charge is 0.341 e. The second-order valence-corrected chi connectivity index (χ2v) is 8.02. The second kappa shape index (κ2) is 6.69. The largest absolute Gasteiger partial charge is 0.492 e. The van der Waals surface area contributed by atoms with Gasteiger partial charge < -0.3 is 24.6 Å². The molecule has 0 bridgehead atoms. The van der Waals surface area contributed by atoms with Crippen LogP contribution in [0.4, 0.5) is 14.5 Å². The van der Waals surface area contributed by atoms with Gasteiger partial charge in [0.1, 0.15) is 17.4 Å². The maximum absolute atomic E-state index is 15.2. The number of hydrogen-bond donors (Lipinski definition) is 2. The number of anilines is 1. The van der Waals surface area contributed by atoms with Gasteiger partial charge in [-0.3, -0.25) is 4.79 Å². The van der Waals surface area contributed by atoms with E-state index in [1.807, 2.05) is 18.9 Å². The van der Waals surface area contributed by atoms with Gasteiger partial charge in [0.25, 0.3) is 0 Å². The number of aromatic carboxylic acids is 1. The number of nitrogens with one attached hydrogen (secondary N) is 1. The summed E-state index contributed by atoms with van der Waals surface area (Å²) in [5.41, 5.74) is -1.12. The van der Waals surface area contributed by atoms with Crippen LogP contribution in [0.25, 0.3) is 10.9 Å². The van der Waals surface area contributed by atoms with Crippen molar-refractivity contribution in [2.75, 3.05) is 32.1 Å². The molecule has 3 atom stereocenters. The van der Waals surface area contributed by atoms with E-state index in [0.717, 1.165) is 18.7 Å². The molecule has 2 fully saturated rings. The Hall–Kier alpha value is -2.68. The predicted molar refractivity (Wildman–Crippen MR) is 105 cm³/mol. The highest BCUT2D eigenvalue weighted by Crippen LogP contribution is 2.46. The summed E-state index contributed by atoms with van der Waals surface area (Å²) in [7, 11) is 3.21. The molecular formula is C20H23F2N3O4. The van der Waals surface area contributed by atoms with Gasteiger partial charge in [0.2, 0.25) is 5.43 Å². The lowest BCUT2D eigenvalue weighted by Crippen LogP contribution is -2.42. The van der Waals surface area contributed by atoms with Gasteiger partial charge in [-0.25, -0.2) is 13.6 Å². The fourth-order valence-corrected chi connectivity index (χ4v) is 4.14. The molecule has 1 aromatic heterocycles. The van der Waals surface area contributed by atoms with Crippen LogP contribution in [0.15, 0.2) is 17.1 Å². The Balaban J connectivity index is 2.01. The number of carboxylic acid groups (broad SMARTS) is 1. The number of pyridine rings is 1. The molecular weight excluding hydrogens is 384 g/mol. The summed E-state index contributed by atoms with van der Waals surface area (Å²) in [6.45, 7) is 3.13. The van der Waals surface area contributed by atoms with Crippen LogP contribution < -0.4 is 20.4 Å².